The van der Waals surface area contributed by atoms with E-state index in [4.69, 9.17) is 16.2 Å². The van der Waals surface area contributed by atoms with Gasteiger partial charge in [0.15, 0.2) is 0 Å². The molecular weight excluding hydrogens is 378 g/mol. The molecule has 0 aromatic heterocycles. The topological polar surface area (TPSA) is 64.5 Å². The van der Waals surface area contributed by atoms with Gasteiger partial charge in [0, 0.05) is 10.9 Å². The van der Waals surface area contributed by atoms with E-state index in [0.717, 1.165) is 28.6 Å². The lowest BCUT2D eigenvalue weighted by molar-refractivity contribution is 0.0832. The minimum absolute atomic E-state index is 0.0990. The minimum Gasteiger partial charge on any atom is -0.488 e. The molecule has 4 N–H and O–H groups in total. The predicted octanol–water partition coefficient (Wildman–Crippen LogP) is 6.06. The summed E-state index contributed by atoms with van der Waals surface area (Å²) < 4.78 is 6.46. The Balaban J connectivity index is 2.10. The number of benzene rings is 2. The highest BCUT2D eigenvalue weighted by molar-refractivity contribution is 7.99. The second-order valence-corrected chi connectivity index (χ2v) is 8.76. The van der Waals surface area contributed by atoms with Gasteiger partial charge in [-0.1, -0.05) is 50.6 Å². The fourth-order valence-corrected chi connectivity index (χ4v) is 4.15. The van der Waals surface area contributed by atoms with Crippen LogP contribution in [0.3, 0.4) is 0 Å². The molecular formula is C24H37N3OS. The Kier molecular flexibility index (Phi) is 9.68. The van der Waals surface area contributed by atoms with Gasteiger partial charge in [-0.15, -0.1) is 0 Å². The molecule has 0 bridgehead atoms. The summed E-state index contributed by atoms with van der Waals surface area (Å²) in [6.07, 6.45) is 4.99. The number of para-hydroxylation sites is 1. The summed E-state index contributed by atoms with van der Waals surface area (Å²) in [7, 11) is 0. The molecule has 2 rings (SSSR count). The zero-order chi connectivity index (χ0) is 21.2. The van der Waals surface area contributed by atoms with E-state index in [0.29, 0.717) is 17.4 Å². The van der Waals surface area contributed by atoms with Gasteiger partial charge < -0.3 is 16.2 Å². The maximum atomic E-state index is 6.46. The van der Waals surface area contributed by atoms with Crippen molar-refractivity contribution in [2.45, 2.75) is 75.3 Å². The lowest BCUT2D eigenvalue weighted by Gasteiger charge is -2.33. The van der Waals surface area contributed by atoms with Crippen LogP contribution in [0.5, 0.6) is 5.75 Å². The maximum absolute atomic E-state index is 6.46. The first-order valence-corrected chi connectivity index (χ1v) is 11.6. The van der Waals surface area contributed by atoms with Crippen LogP contribution in [0.1, 0.15) is 53.4 Å². The molecule has 0 aliphatic carbocycles. The molecule has 4 nitrogen and oxygen atoms in total. The molecule has 0 radical (unpaired) electrons. The summed E-state index contributed by atoms with van der Waals surface area (Å²) in [6, 6.07) is 14.3. The van der Waals surface area contributed by atoms with Crippen LogP contribution in [0.25, 0.3) is 0 Å². The van der Waals surface area contributed by atoms with Crippen molar-refractivity contribution in [3.8, 4) is 5.75 Å². The van der Waals surface area contributed by atoms with Crippen molar-refractivity contribution >= 4 is 23.1 Å². The molecule has 0 aliphatic rings. The van der Waals surface area contributed by atoms with E-state index in [-0.39, 0.29) is 6.10 Å². The van der Waals surface area contributed by atoms with Crippen LogP contribution >= 0.6 is 11.8 Å². The number of rotatable bonds is 12. The number of hydrogen-bond donors (Lipinski definition) is 2. The monoisotopic (exact) mass is 415 g/mol. The van der Waals surface area contributed by atoms with Crippen LogP contribution in [-0.4, -0.2) is 30.1 Å². The second-order valence-electron chi connectivity index (χ2n) is 7.65. The van der Waals surface area contributed by atoms with Crippen molar-refractivity contribution in [1.29, 1.82) is 0 Å². The van der Waals surface area contributed by atoms with Crippen molar-refractivity contribution in [3.05, 3.63) is 42.5 Å². The second kappa shape index (κ2) is 12.0. The van der Waals surface area contributed by atoms with E-state index in [1.54, 1.807) is 11.8 Å². The van der Waals surface area contributed by atoms with Gasteiger partial charge in [0.05, 0.1) is 16.3 Å². The number of ether oxygens (including phenoxy) is 1. The molecule has 2 atom stereocenters. The maximum Gasteiger partial charge on any atom is 0.133 e. The Labute approximate surface area is 181 Å². The van der Waals surface area contributed by atoms with E-state index in [1.807, 2.05) is 30.3 Å². The van der Waals surface area contributed by atoms with E-state index in [2.05, 4.69) is 44.7 Å². The van der Waals surface area contributed by atoms with Crippen LogP contribution in [0.4, 0.5) is 11.4 Å². The molecule has 160 valence electrons. The predicted molar refractivity (Wildman–Crippen MR) is 127 cm³/mol. The van der Waals surface area contributed by atoms with Gasteiger partial charge in [0.1, 0.15) is 11.9 Å². The molecule has 29 heavy (non-hydrogen) atoms. The normalized spacial score (nSPS) is 13.4. The summed E-state index contributed by atoms with van der Waals surface area (Å²) in [5.74, 6) is 0.915. The lowest BCUT2D eigenvalue weighted by atomic mass is 10.1. The van der Waals surface area contributed by atoms with Crippen molar-refractivity contribution in [2.24, 2.45) is 0 Å². The van der Waals surface area contributed by atoms with E-state index >= 15 is 0 Å². The molecule has 0 saturated heterocycles. The number of unbranched alkanes of at least 4 members (excludes halogenated alkanes) is 2. The van der Waals surface area contributed by atoms with E-state index < -0.39 is 0 Å². The van der Waals surface area contributed by atoms with E-state index in [9.17, 15) is 0 Å². The Bertz CT molecular complexity index is 745. The average molecular weight is 416 g/mol. The lowest BCUT2D eigenvalue weighted by Crippen LogP contribution is -2.43. The molecule has 5 heteroatoms. The van der Waals surface area contributed by atoms with Crippen LogP contribution in [-0.2, 0) is 0 Å². The molecule has 0 fully saturated rings. The number of nitrogens with zero attached hydrogens (tertiary/aromatic N) is 1. The van der Waals surface area contributed by atoms with E-state index in [1.165, 1.54) is 25.7 Å². The quantitative estimate of drug-likeness (QED) is 0.412. The fourth-order valence-electron chi connectivity index (χ4n) is 3.21. The van der Waals surface area contributed by atoms with Crippen LogP contribution in [0, 0.1) is 0 Å². The smallest absolute Gasteiger partial charge is 0.133 e. The molecule has 2 aromatic carbocycles. The first-order valence-electron chi connectivity index (χ1n) is 10.8. The molecule has 0 saturated carbocycles. The highest BCUT2D eigenvalue weighted by Gasteiger charge is 2.22. The van der Waals surface area contributed by atoms with Gasteiger partial charge in [-0.3, -0.25) is 4.90 Å². The largest absolute Gasteiger partial charge is 0.488 e. The number of nitrogen functional groups attached to an aromatic ring is 2. The van der Waals surface area contributed by atoms with Crippen LogP contribution in [0.15, 0.2) is 52.3 Å². The van der Waals surface area contributed by atoms with Gasteiger partial charge >= 0.3 is 0 Å². The van der Waals surface area contributed by atoms with Crippen molar-refractivity contribution in [1.82, 2.24) is 4.90 Å². The van der Waals surface area contributed by atoms with Crippen molar-refractivity contribution in [3.63, 3.8) is 0 Å². The number of hydrogen-bond acceptors (Lipinski definition) is 5. The van der Waals surface area contributed by atoms with Gasteiger partial charge in [-0.2, -0.15) is 0 Å². The Morgan fingerprint density at radius 2 is 1.59 bits per heavy atom. The highest BCUT2D eigenvalue weighted by Crippen LogP contribution is 2.37. The first kappa shape index (κ1) is 23.4. The van der Waals surface area contributed by atoms with Crippen LogP contribution in [0.2, 0.25) is 0 Å². The SMILES string of the molecule is CCCCN(CCCC)C(C)C(C)Oc1ccccc1Sc1ccc(N)c(N)c1. The Morgan fingerprint density at radius 1 is 0.931 bits per heavy atom. The van der Waals surface area contributed by atoms with Gasteiger partial charge in [-0.25, -0.2) is 0 Å². The molecule has 0 aliphatic heterocycles. The Morgan fingerprint density at radius 3 is 2.21 bits per heavy atom. The Hall–Kier alpha value is -1.85. The summed E-state index contributed by atoms with van der Waals surface area (Å²) in [6.45, 7) is 11.2. The third kappa shape index (κ3) is 7.16. The standard InChI is InChI=1S/C24H37N3OS/c1-5-7-15-27(16-8-6-2)18(3)19(4)28-23-11-9-10-12-24(23)29-20-13-14-21(25)22(26)17-20/h9-14,17-19H,5-8,15-16,25-26H2,1-4H3. The fraction of sp³-hybridized carbons (Fsp3) is 0.500. The zero-order valence-electron chi connectivity index (χ0n) is 18.4. The van der Waals surface area contributed by atoms with Crippen molar-refractivity contribution < 1.29 is 4.74 Å². The molecule has 0 amide bonds. The minimum atomic E-state index is 0.0990. The van der Waals surface area contributed by atoms with Gasteiger partial charge in [0.25, 0.3) is 0 Å². The van der Waals surface area contributed by atoms with Crippen molar-refractivity contribution in [2.75, 3.05) is 24.6 Å². The summed E-state index contributed by atoms with van der Waals surface area (Å²) >= 11 is 1.65. The summed E-state index contributed by atoms with van der Waals surface area (Å²) in [4.78, 5) is 4.72. The molecule has 0 heterocycles. The average Bonchev–Trinajstić information content (AvgIpc) is 2.72. The molecule has 0 spiro atoms. The summed E-state index contributed by atoms with van der Waals surface area (Å²) in [5.41, 5.74) is 13.0. The first-order chi connectivity index (χ1) is 14.0. The number of anilines is 2. The third-order valence-corrected chi connectivity index (χ3v) is 6.35. The van der Waals surface area contributed by atoms with Gasteiger partial charge in [-0.05, 0) is 70.1 Å². The zero-order valence-corrected chi connectivity index (χ0v) is 19.2. The van der Waals surface area contributed by atoms with Crippen LogP contribution < -0.4 is 16.2 Å². The molecule has 2 unspecified atom stereocenters. The third-order valence-electron chi connectivity index (χ3n) is 5.30. The summed E-state index contributed by atoms with van der Waals surface area (Å²) in [5, 5.41) is 0. The highest BCUT2D eigenvalue weighted by atomic mass is 32.2. The molecule has 2 aromatic rings. The number of nitrogens with two attached hydrogens (primary N) is 2. The van der Waals surface area contributed by atoms with Gasteiger partial charge in [0.2, 0.25) is 0 Å².